The smallest absolute Gasteiger partial charge is 0.319 e. The van der Waals surface area contributed by atoms with E-state index in [1.54, 1.807) is 13.1 Å². The summed E-state index contributed by atoms with van der Waals surface area (Å²) in [5, 5.41) is 19.5. The average molecular weight is 784 g/mol. The number of anilines is 1. The number of halogens is 2. The summed E-state index contributed by atoms with van der Waals surface area (Å²) in [7, 11) is -1.46. The second-order valence-electron chi connectivity index (χ2n) is 16.6. The van der Waals surface area contributed by atoms with Gasteiger partial charge in [-0.2, -0.15) is 15.1 Å². The van der Waals surface area contributed by atoms with E-state index in [4.69, 9.17) is 40.8 Å². The van der Waals surface area contributed by atoms with Crippen molar-refractivity contribution in [2.45, 2.75) is 76.5 Å². The third kappa shape index (κ3) is 6.18. The molecule has 9 rings (SSSR count). The van der Waals surface area contributed by atoms with E-state index in [-0.39, 0.29) is 58.9 Å². The van der Waals surface area contributed by atoms with Crippen molar-refractivity contribution in [1.82, 2.24) is 30.0 Å². The van der Waals surface area contributed by atoms with Crippen LogP contribution in [0.5, 0.6) is 11.9 Å². The fraction of sp³-hybridized carbons (Fsp3) is 0.632. The van der Waals surface area contributed by atoms with E-state index in [1.807, 2.05) is 17.9 Å². The number of piperidine rings is 1. The molecule has 1 unspecified atom stereocenters. The number of nitrogens with one attached hydrogen (secondary N) is 1. The second-order valence-corrected chi connectivity index (χ2v) is 19.2. The molecule has 2 aliphatic carbocycles. The van der Waals surface area contributed by atoms with Gasteiger partial charge in [0.2, 0.25) is 5.88 Å². The Labute approximate surface area is 318 Å². The van der Waals surface area contributed by atoms with Crippen LogP contribution in [0.15, 0.2) is 12.3 Å². The van der Waals surface area contributed by atoms with Crippen molar-refractivity contribution >= 4 is 49.1 Å². The maximum absolute atomic E-state index is 17.3. The van der Waals surface area contributed by atoms with Crippen LogP contribution >= 0.6 is 11.6 Å². The number of aryl methyl sites for hydroxylation is 1. The number of aromatic nitrogens is 5. The van der Waals surface area contributed by atoms with Gasteiger partial charge in [-0.3, -0.25) is 10.00 Å². The number of hydrogen-bond acceptors (Lipinski definition) is 12. The van der Waals surface area contributed by atoms with Gasteiger partial charge in [0, 0.05) is 35.0 Å². The van der Waals surface area contributed by atoms with Crippen LogP contribution in [0, 0.1) is 30.0 Å². The number of H-pyrrole nitrogens is 1. The standard InChI is InChI=1S/C38H47ClFN7O6S/c1-21-12-26-25(15-41-45-26)28(30(21)39)32-31(40)33-29(35(42-32)51-3)34(46-10-11-52-19-37(2,48)18-46)44-36(43-33)53-20-38-7-4-6-27(38)47(9-5-8-38)24-13-22-16-54(49,50)17-23(22)14-24/h12,15,22-24,27,48H,4-11,13-14,16-20H2,1-3H3,(H,41,45)/t22-,23+,24?,27-,37+,38-/m1/s1. The molecule has 0 amide bonds. The number of methoxy groups -OCH3 is 1. The fourth-order valence-corrected chi connectivity index (χ4v) is 13.0. The molecule has 4 aromatic rings. The number of fused-ring (bicyclic) bond motifs is 4. The first-order valence-corrected chi connectivity index (χ1v) is 21.3. The van der Waals surface area contributed by atoms with Crippen LogP contribution in [0.1, 0.15) is 57.4 Å². The van der Waals surface area contributed by atoms with E-state index in [0.717, 1.165) is 57.1 Å². The van der Waals surface area contributed by atoms with Crippen LogP contribution in [-0.2, 0) is 14.6 Å². The van der Waals surface area contributed by atoms with Crippen LogP contribution in [-0.4, -0.2) is 119 Å². The summed E-state index contributed by atoms with van der Waals surface area (Å²) in [4.78, 5) is 18.9. The third-order valence-electron chi connectivity index (χ3n) is 12.8. The monoisotopic (exact) mass is 783 g/mol. The molecular formula is C38H47ClFN7O6S. The highest BCUT2D eigenvalue weighted by atomic mass is 35.5. The van der Waals surface area contributed by atoms with Gasteiger partial charge in [0.25, 0.3) is 0 Å². The van der Waals surface area contributed by atoms with E-state index in [0.29, 0.717) is 70.7 Å². The predicted octanol–water partition coefficient (Wildman–Crippen LogP) is 5.10. The first-order chi connectivity index (χ1) is 25.9. The quantitative estimate of drug-likeness (QED) is 0.256. The molecule has 2 N–H and O–H groups in total. The van der Waals surface area contributed by atoms with Gasteiger partial charge < -0.3 is 24.2 Å². The lowest BCUT2D eigenvalue weighted by Crippen LogP contribution is -2.55. The summed E-state index contributed by atoms with van der Waals surface area (Å²) in [5.41, 5.74) is 0.366. The molecule has 5 aliphatic rings. The molecule has 2 saturated carbocycles. The number of sulfone groups is 1. The summed E-state index contributed by atoms with van der Waals surface area (Å²) in [6.45, 7) is 5.89. The van der Waals surface area contributed by atoms with E-state index in [2.05, 4.69) is 15.1 Å². The molecule has 16 heteroatoms. The van der Waals surface area contributed by atoms with Gasteiger partial charge in [-0.15, -0.1) is 0 Å². The minimum atomic E-state index is -2.93. The molecular weight excluding hydrogens is 737 g/mol. The molecule has 0 radical (unpaired) electrons. The lowest BCUT2D eigenvalue weighted by atomic mass is 9.75. The molecule has 290 valence electrons. The van der Waals surface area contributed by atoms with Crippen molar-refractivity contribution < 1.29 is 32.1 Å². The maximum atomic E-state index is 17.3. The summed E-state index contributed by atoms with van der Waals surface area (Å²) < 4.78 is 60.2. The molecule has 3 aromatic heterocycles. The first-order valence-electron chi connectivity index (χ1n) is 19.1. The van der Waals surface area contributed by atoms with E-state index >= 15 is 4.39 Å². The van der Waals surface area contributed by atoms with Crippen LogP contribution in [0.2, 0.25) is 5.02 Å². The highest BCUT2D eigenvalue weighted by Gasteiger charge is 2.53. The minimum absolute atomic E-state index is 0.0296. The van der Waals surface area contributed by atoms with Crippen molar-refractivity contribution in [1.29, 1.82) is 0 Å². The minimum Gasteiger partial charge on any atom is -0.480 e. The Morgan fingerprint density at radius 1 is 1.15 bits per heavy atom. The summed E-state index contributed by atoms with van der Waals surface area (Å²) in [5.74, 6) is 0.891. The van der Waals surface area contributed by atoms with Crippen molar-refractivity contribution in [2.75, 3.05) is 63.0 Å². The molecule has 3 aliphatic heterocycles. The molecule has 0 spiro atoms. The molecule has 13 nitrogen and oxygen atoms in total. The highest BCUT2D eigenvalue weighted by Crippen LogP contribution is 2.52. The Morgan fingerprint density at radius 2 is 1.93 bits per heavy atom. The van der Waals surface area contributed by atoms with Gasteiger partial charge in [0.1, 0.15) is 28.0 Å². The predicted molar refractivity (Wildman–Crippen MR) is 202 cm³/mol. The van der Waals surface area contributed by atoms with Crippen LogP contribution < -0.4 is 14.4 Å². The van der Waals surface area contributed by atoms with Gasteiger partial charge in [-0.25, -0.2) is 17.8 Å². The summed E-state index contributed by atoms with van der Waals surface area (Å²) in [6, 6.07) is 2.57. The van der Waals surface area contributed by atoms with Crippen molar-refractivity contribution in [2.24, 2.45) is 17.3 Å². The fourth-order valence-electron chi connectivity index (χ4n) is 10.5. The molecule has 6 atom stereocenters. The molecule has 6 heterocycles. The Hall–Kier alpha value is -3.37. The zero-order valence-electron chi connectivity index (χ0n) is 30.9. The number of ether oxygens (including phenoxy) is 3. The van der Waals surface area contributed by atoms with Gasteiger partial charge in [-0.1, -0.05) is 18.0 Å². The molecule has 1 aromatic carbocycles. The number of rotatable bonds is 7. The third-order valence-corrected chi connectivity index (χ3v) is 15.2. The molecule has 5 fully saturated rings. The van der Waals surface area contributed by atoms with Crippen molar-refractivity contribution in [3.63, 3.8) is 0 Å². The summed E-state index contributed by atoms with van der Waals surface area (Å²) in [6.07, 6.45) is 8.62. The Balaban J connectivity index is 1.11. The number of hydrogen-bond donors (Lipinski definition) is 2. The number of likely N-dealkylation sites (tertiary alicyclic amines) is 1. The lowest BCUT2D eigenvalue weighted by Gasteiger charge is -2.48. The molecule has 0 bridgehead atoms. The Bertz CT molecular complexity index is 2220. The van der Waals surface area contributed by atoms with Crippen LogP contribution in [0.25, 0.3) is 33.1 Å². The zero-order chi connectivity index (χ0) is 37.6. The van der Waals surface area contributed by atoms with Gasteiger partial charge in [-0.05, 0) is 82.4 Å². The zero-order valence-corrected chi connectivity index (χ0v) is 32.5. The number of β-amino-alcohol motifs (C(OH)–C–C–N with tert-alkyl or cyclic N) is 1. The Kier molecular flexibility index (Phi) is 8.99. The van der Waals surface area contributed by atoms with E-state index in [1.165, 1.54) is 7.11 Å². The van der Waals surface area contributed by atoms with Crippen molar-refractivity contribution in [3.8, 4) is 23.1 Å². The van der Waals surface area contributed by atoms with Gasteiger partial charge >= 0.3 is 6.01 Å². The second kappa shape index (κ2) is 13.4. The Morgan fingerprint density at radius 3 is 2.70 bits per heavy atom. The van der Waals surface area contributed by atoms with E-state index < -0.39 is 21.3 Å². The SMILES string of the molecule is COc1nc(-c2c(Cl)c(C)cc3[nH]ncc23)c(F)c2nc(OC[C@]34CCC[C@H]3N(C3C[C@@H]5CS(=O)(=O)C[C@@H]5C3)CCC4)nc(N3CCOC[C@@](C)(O)C3)c12. The number of aromatic amines is 1. The molecule has 54 heavy (non-hydrogen) atoms. The highest BCUT2D eigenvalue weighted by molar-refractivity contribution is 7.91. The first kappa shape index (κ1) is 36.3. The van der Waals surface area contributed by atoms with Crippen molar-refractivity contribution in [3.05, 3.63) is 28.7 Å². The van der Waals surface area contributed by atoms with Gasteiger partial charge in [0.05, 0.1) is 61.7 Å². The van der Waals surface area contributed by atoms with E-state index in [9.17, 15) is 13.5 Å². The molecule has 3 saturated heterocycles. The van der Waals surface area contributed by atoms with Gasteiger partial charge in [0.15, 0.2) is 15.7 Å². The number of pyridine rings is 1. The van der Waals surface area contributed by atoms with Crippen LogP contribution in [0.4, 0.5) is 10.2 Å². The topological polar surface area (TPSA) is 156 Å². The maximum Gasteiger partial charge on any atom is 0.319 e. The number of nitrogens with zero attached hydrogens (tertiary/aromatic N) is 6. The number of benzene rings is 1. The largest absolute Gasteiger partial charge is 0.480 e. The average Bonchev–Trinajstić information content (AvgIpc) is 3.90. The van der Waals surface area contributed by atoms with Crippen LogP contribution in [0.3, 0.4) is 0 Å². The normalized spacial score (nSPS) is 31.2. The summed E-state index contributed by atoms with van der Waals surface area (Å²) >= 11 is 6.87. The number of aliphatic hydroxyl groups is 1. The lowest BCUT2D eigenvalue weighted by molar-refractivity contribution is -0.0224.